The number of benzene rings is 2. The molecular formula is C21H24O3. The summed E-state index contributed by atoms with van der Waals surface area (Å²) >= 11 is 0. The van der Waals surface area contributed by atoms with Gasteiger partial charge >= 0.3 is 5.97 Å². The Morgan fingerprint density at radius 2 is 1.50 bits per heavy atom. The van der Waals surface area contributed by atoms with Gasteiger partial charge in [0.2, 0.25) is 5.78 Å². The van der Waals surface area contributed by atoms with Crippen LogP contribution in [0.25, 0.3) is 0 Å². The van der Waals surface area contributed by atoms with Crippen LogP contribution in [0.1, 0.15) is 61.1 Å². The number of carbonyl (C=O) groups is 2. The van der Waals surface area contributed by atoms with E-state index in [0.29, 0.717) is 17.5 Å². The zero-order chi connectivity index (χ0) is 17.2. The van der Waals surface area contributed by atoms with Crippen LogP contribution in [0.5, 0.6) is 0 Å². The van der Waals surface area contributed by atoms with E-state index in [9.17, 15) is 9.59 Å². The maximum absolute atomic E-state index is 12.8. The van der Waals surface area contributed by atoms with Crippen LogP contribution in [-0.2, 0) is 9.53 Å². The summed E-state index contributed by atoms with van der Waals surface area (Å²) in [5, 5.41) is 0. The summed E-state index contributed by atoms with van der Waals surface area (Å²) in [5.74, 6) is -0.507. The van der Waals surface area contributed by atoms with Crippen molar-refractivity contribution < 1.29 is 14.3 Å². The molecule has 0 saturated carbocycles. The molecule has 0 heterocycles. The van der Waals surface area contributed by atoms with Gasteiger partial charge in [-0.1, -0.05) is 86.8 Å². The molecule has 2 rings (SSSR count). The molecule has 0 aromatic heterocycles. The van der Waals surface area contributed by atoms with Crippen molar-refractivity contribution in [3.05, 3.63) is 71.8 Å². The van der Waals surface area contributed by atoms with E-state index in [1.807, 2.05) is 48.5 Å². The number of unbranched alkanes of at least 4 members (excludes halogenated alkanes) is 3. The largest absolute Gasteiger partial charge is 0.449 e. The molecule has 0 radical (unpaired) electrons. The Bertz CT molecular complexity index is 635. The van der Waals surface area contributed by atoms with Crippen LogP contribution >= 0.6 is 0 Å². The maximum Gasteiger partial charge on any atom is 0.306 e. The van der Waals surface area contributed by atoms with Crippen molar-refractivity contribution in [1.82, 2.24) is 0 Å². The number of hydrogen-bond acceptors (Lipinski definition) is 3. The van der Waals surface area contributed by atoms with E-state index in [4.69, 9.17) is 4.74 Å². The van der Waals surface area contributed by atoms with E-state index in [-0.39, 0.29) is 11.8 Å². The Kier molecular flexibility index (Phi) is 7.21. The van der Waals surface area contributed by atoms with Gasteiger partial charge in [-0.3, -0.25) is 9.59 Å². The highest BCUT2D eigenvalue weighted by Crippen LogP contribution is 2.23. The quantitative estimate of drug-likeness (QED) is 0.365. The first kappa shape index (κ1) is 17.9. The lowest BCUT2D eigenvalue weighted by atomic mass is 10.00. The molecular weight excluding hydrogens is 300 g/mol. The predicted molar refractivity (Wildman–Crippen MR) is 94.8 cm³/mol. The van der Waals surface area contributed by atoms with Crippen LogP contribution in [-0.4, -0.2) is 11.8 Å². The fourth-order valence-electron chi connectivity index (χ4n) is 2.54. The smallest absolute Gasteiger partial charge is 0.306 e. The number of hydrogen-bond donors (Lipinski definition) is 0. The zero-order valence-corrected chi connectivity index (χ0v) is 14.1. The van der Waals surface area contributed by atoms with E-state index in [1.165, 1.54) is 0 Å². The standard InChI is InChI=1S/C21H24O3/c1-2-3-4-11-16-19(22)24-21(18-14-9-6-10-15-18)20(23)17-12-7-5-8-13-17/h5-10,12-15,21H,2-4,11,16H2,1H3. The third-order valence-electron chi connectivity index (χ3n) is 3.88. The van der Waals surface area contributed by atoms with Gasteiger partial charge in [-0.15, -0.1) is 0 Å². The number of rotatable bonds is 9. The van der Waals surface area contributed by atoms with Crippen molar-refractivity contribution in [2.75, 3.05) is 0 Å². The van der Waals surface area contributed by atoms with E-state index >= 15 is 0 Å². The van der Waals surface area contributed by atoms with Crippen molar-refractivity contribution in [2.45, 2.75) is 45.1 Å². The van der Waals surface area contributed by atoms with Crippen molar-refractivity contribution >= 4 is 11.8 Å². The molecule has 0 aliphatic rings. The van der Waals surface area contributed by atoms with E-state index < -0.39 is 6.10 Å². The molecule has 2 aromatic carbocycles. The molecule has 0 aliphatic carbocycles. The number of ketones is 1. The summed E-state index contributed by atoms with van der Waals surface area (Å²) in [4.78, 5) is 24.9. The molecule has 3 heteroatoms. The Morgan fingerprint density at radius 1 is 0.875 bits per heavy atom. The number of Topliss-reactive ketones (excluding diaryl/α,β-unsaturated/α-hetero) is 1. The second-order valence-electron chi connectivity index (χ2n) is 5.82. The Hall–Kier alpha value is -2.42. The average Bonchev–Trinajstić information content (AvgIpc) is 2.64. The zero-order valence-electron chi connectivity index (χ0n) is 14.1. The normalized spacial score (nSPS) is 11.7. The van der Waals surface area contributed by atoms with E-state index in [1.54, 1.807) is 12.1 Å². The van der Waals surface area contributed by atoms with Gasteiger partial charge in [-0.25, -0.2) is 0 Å². The first-order valence-corrected chi connectivity index (χ1v) is 8.56. The van der Waals surface area contributed by atoms with E-state index in [0.717, 1.165) is 25.7 Å². The van der Waals surface area contributed by atoms with E-state index in [2.05, 4.69) is 6.92 Å². The first-order valence-electron chi connectivity index (χ1n) is 8.56. The van der Waals surface area contributed by atoms with Gasteiger partial charge in [-0.2, -0.15) is 0 Å². The van der Waals surface area contributed by atoms with Crippen LogP contribution in [0.2, 0.25) is 0 Å². The van der Waals surface area contributed by atoms with Gasteiger partial charge in [0.25, 0.3) is 0 Å². The third kappa shape index (κ3) is 5.34. The minimum absolute atomic E-state index is 0.191. The summed E-state index contributed by atoms with van der Waals surface area (Å²) in [6.07, 6.45) is 3.51. The lowest BCUT2D eigenvalue weighted by Gasteiger charge is -2.17. The fraction of sp³-hybridized carbons (Fsp3) is 0.333. The summed E-state index contributed by atoms with van der Waals surface area (Å²) in [6.45, 7) is 2.13. The molecule has 1 unspecified atom stereocenters. The Morgan fingerprint density at radius 3 is 2.12 bits per heavy atom. The predicted octanol–water partition coefficient (Wildman–Crippen LogP) is 5.12. The lowest BCUT2D eigenvalue weighted by molar-refractivity contribution is -0.147. The number of carbonyl (C=O) groups excluding carboxylic acids is 2. The molecule has 0 aliphatic heterocycles. The highest BCUT2D eigenvalue weighted by Gasteiger charge is 2.25. The first-order chi connectivity index (χ1) is 11.7. The van der Waals surface area contributed by atoms with Crippen molar-refractivity contribution in [3.8, 4) is 0 Å². The molecule has 2 aromatic rings. The second-order valence-corrected chi connectivity index (χ2v) is 5.82. The Labute approximate surface area is 143 Å². The van der Waals surface area contributed by atoms with Gasteiger partial charge < -0.3 is 4.74 Å². The summed E-state index contributed by atoms with van der Waals surface area (Å²) in [6, 6.07) is 18.1. The highest BCUT2D eigenvalue weighted by molar-refractivity contribution is 6.00. The molecule has 126 valence electrons. The molecule has 3 nitrogen and oxygen atoms in total. The Balaban J connectivity index is 2.09. The molecule has 24 heavy (non-hydrogen) atoms. The van der Waals surface area contributed by atoms with Crippen LogP contribution in [0.4, 0.5) is 0 Å². The molecule has 1 atom stereocenters. The van der Waals surface area contributed by atoms with Gasteiger partial charge in [0.1, 0.15) is 0 Å². The van der Waals surface area contributed by atoms with Crippen LogP contribution < -0.4 is 0 Å². The number of esters is 1. The minimum Gasteiger partial charge on any atom is -0.449 e. The molecule has 0 spiro atoms. The summed E-state index contributed by atoms with van der Waals surface area (Å²) in [7, 11) is 0. The van der Waals surface area contributed by atoms with Gasteiger partial charge in [-0.05, 0) is 6.42 Å². The second kappa shape index (κ2) is 9.66. The van der Waals surface area contributed by atoms with Gasteiger partial charge in [0, 0.05) is 17.5 Å². The van der Waals surface area contributed by atoms with Gasteiger partial charge in [0.15, 0.2) is 6.10 Å². The lowest BCUT2D eigenvalue weighted by Crippen LogP contribution is -2.20. The highest BCUT2D eigenvalue weighted by atomic mass is 16.5. The van der Waals surface area contributed by atoms with Gasteiger partial charge in [0.05, 0.1) is 0 Å². The van der Waals surface area contributed by atoms with Crippen molar-refractivity contribution in [2.24, 2.45) is 0 Å². The minimum atomic E-state index is -0.882. The molecule has 0 bridgehead atoms. The molecule has 0 saturated heterocycles. The van der Waals surface area contributed by atoms with Crippen LogP contribution in [0.15, 0.2) is 60.7 Å². The molecule has 0 N–H and O–H groups in total. The van der Waals surface area contributed by atoms with Crippen LogP contribution in [0.3, 0.4) is 0 Å². The monoisotopic (exact) mass is 324 g/mol. The van der Waals surface area contributed by atoms with Crippen LogP contribution in [0, 0.1) is 0 Å². The number of ether oxygens (including phenoxy) is 1. The summed E-state index contributed by atoms with van der Waals surface area (Å²) in [5.41, 5.74) is 1.25. The third-order valence-corrected chi connectivity index (χ3v) is 3.88. The summed E-state index contributed by atoms with van der Waals surface area (Å²) < 4.78 is 5.54. The SMILES string of the molecule is CCCCCCC(=O)OC(C(=O)c1ccccc1)c1ccccc1. The average molecular weight is 324 g/mol. The molecule has 0 fully saturated rings. The fourth-order valence-corrected chi connectivity index (χ4v) is 2.54. The van der Waals surface area contributed by atoms with Crippen molar-refractivity contribution in [3.63, 3.8) is 0 Å². The molecule has 0 amide bonds. The van der Waals surface area contributed by atoms with Crippen molar-refractivity contribution in [1.29, 1.82) is 0 Å². The maximum atomic E-state index is 12.8. The topological polar surface area (TPSA) is 43.4 Å².